The SMILES string of the molecule is O=C(O)c1cccc(Br)c1NS(=O)(=O)CC1CCCO1. The number of rotatable bonds is 5. The first-order valence-corrected chi connectivity index (χ1v) is 8.47. The predicted octanol–water partition coefficient (Wildman–Crippen LogP) is 2.07. The summed E-state index contributed by atoms with van der Waals surface area (Å²) >= 11 is 3.16. The zero-order valence-electron chi connectivity index (χ0n) is 10.5. The number of anilines is 1. The monoisotopic (exact) mass is 363 g/mol. The van der Waals surface area contributed by atoms with Crippen LogP contribution >= 0.6 is 15.9 Å². The Kier molecular flexibility index (Phi) is 4.66. The largest absolute Gasteiger partial charge is 0.478 e. The average molecular weight is 364 g/mol. The average Bonchev–Trinajstić information content (AvgIpc) is 2.83. The molecular formula is C12H14BrNO5S. The summed E-state index contributed by atoms with van der Waals surface area (Å²) in [6.45, 7) is 0.565. The second kappa shape index (κ2) is 6.11. The van der Waals surface area contributed by atoms with Crippen LogP contribution in [0.1, 0.15) is 23.2 Å². The quantitative estimate of drug-likeness (QED) is 0.835. The van der Waals surface area contributed by atoms with Gasteiger partial charge < -0.3 is 9.84 Å². The summed E-state index contributed by atoms with van der Waals surface area (Å²) in [4.78, 5) is 11.1. The molecule has 2 rings (SSSR count). The van der Waals surface area contributed by atoms with E-state index in [9.17, 15) is 13.2 Å². The van der Waals surface area contributed by atoms with Crippen molar-refractivity contribution in [2.75, 3.05) is 17.1 Å². The molecule has 1 aromatic carbocycles. The van der Waals surface area contributed by atoms with E-state index in [2.05, 4.69) is 20.7 Å². The first-order valence-electron chi connectivity index (χ1n) is 6.03. The first kappa shape index (κ1) is 15.3. The molecule has 1 aromatic rings. The molecule has 1 fully saturated rings. The van der Waals surface area contributed by atoms with E-state index in [4.69, 9.17) is 9.84 Å². The number of sulfonamides is 1. The van der Waals surface area contributed by atoms with Crippen LogP contribution in [0, 0.1) is 0 Å². The molecule has 0 aromatic heterocycles. The molecule has 20 heavy (non-hydrogen) atoms. The molecule has 0 saturated carbocycles. The molecule has 2 N–H and O–H groups in total. The molecule has 110 valence electrons. The second-order valence-corrected chi connectivity index (χ2v) is 7.11. The zero-order chi connectivity index (χ0) is 14.8. The molecule has 1 unspecified atom stereocenters. The molecule has 1 saturated heterocycles. The van der Waals surface area contributed by atoms with Crippen LogP contribution in [0.2, 0.25) is 0 Å². The fourth-order valence-corrected chi connectivity index (χ4v) is 3.99. The number of carboxylic acid groups (broad SMARTS) is 1. The van der Waals surface area contributed by atoms with Gasteiger partial charge in [0.25, 0.3) is 0 Å². The third kappa shape index (κ3) is 3.71. The van der Waals surface area contributed by atoms with Crippen molar-refractivity contribution in [2.45, 2.75) is 18.9 Å². The second-order valence-electron chi connectivity index (χ2n) is 4.49. The van der Waals surface area contributed by atoms with E-state index < -0.39 is 16.0 Å². The normalized spacial score (nSPS) is 18.9. The lowest BCUT2D eigenvalue weighted by Gasteiger charge is -2.14. The lowest BCUT2D eigenvalue weighted by Crippen LogP contribution is -2.26. The Balaban J connectivity index is 2.22. The van der Waals surface area contributed by atoms with Crippen molar-refractivity contribution in [3.05, 3.63) is 28.2 Å². The van der Waals surface area contributed by atoms with E-state index in [1.54, 1.807) is 6.07 Å². The van der Waals surface area contributed by atoms with Crippen LogP contribution in [0.25, 0.3) is 0 Å². The van der Waals surface area contributed by atoms with Gasteiger partial charge in [-0.05, 0) is 40.9 Å². The van der Waals surface area contributed by atoms with Gasteiger partial charge in [-0.3, -0.25) is 4.72 Å². The van der Waals surface area contributed by atoms with Gasteiger partial charge in [-0.15, -0.1) is 0 Å². The lowest BCUT2D eigenvalue weighted by molar-refractivity contribution is 0.0698. The zero-order valence-corrected chi connectivity index (χ0v) is 12.9. The first-order chi connectivity index (χ1) is 9.39. The van der Waals surface area contributed by atoms with Crippen molar-refractivity contribution < 1.29 is 23.1 Å². The van der Waals surface area contributed by atoms with Gasteiger partial charge >= 0.3 is 5.97 Å². The third-order valence-electron chi connectivity index (χ3n) is 2.93. The van der Waals surface area contributed by atoms with E-state index in [0.717, 1.165) is 6.42 Å². The van der Waals surface area contributed by atoms with E-state index in [1.807, 2.05) is 0 Å². The third-order valence-corrected chi connectivity index (χ3v) is 4.92. The molecule has 0 bridgehead atoms. The number of nitrogens with one attached hydrogen (secondary N) is 1. The van der Waals surface area contributed by atoms with E-state index >= 15 is 0 Å². The number of hydrogen-bond acceptors (Lipinski definition) is 4. The molecule has 1 aliphatic heterocycles. The standard InChI is InChI=1S/C12H14BrNO5S/c13-10-5-1-4-9(12(15)16)11(10)14-20(17,18)7-8-3-2-6-19-8/h1,4-5,8,14H,2-3,6-7H2,(H,15,16). The van der Waals surface area contributed by atoms with Crippen LogP contribution in [0.15, 0.2) is 22.7 Å². The minimum Gasteiger partial charge on any atom is -0.478 e. The lowest BCUT2D eigenvalue weighted by atomic mass is 10.2. The molecular weight excluding hydrogens is 350 g/mol. The maximum absolute atomic E-state index is 12.1. The number of ether oxygens (including phenoxy) is 1. The summed E-state index contributed by atoms with van der Waals surface area (Å²) in [5, 5.41) is 9.09. The fourth-order valence-electron chi connectivity index (χ4n) is 2.02. The summed E-state index contributed by atoms with van der Waals surface area (Å²) in [5.41, 5.74) is -0.0618. The van der Waals surface area contributed by atoms with Gasteiger partial charge in [0.1, 0.15) is 0 Å². The maximum atomic E-state index is 12.1. The minimum atomic E-state index is -3.66. The van der Waals surface area contributed by atoms with Gasteiger partial charge in [0, 0.05) is 11.1 Å². The molecule has 0 aliphatic carbocycles. The number of para-hydroxylation sites is 1. The Hall–Kier alpha value is -1.12. The summed E-state index contributed by atoms with van der Waals surface area (Å²) in [5.74, 6) is -1.37. The number of hydrogen-bond donors (Lipinski definition) is 2. The molecule has 0 amide bonds. The van der Waals surface area contributed by atoms with Crippen LogP contribution in [-0.2, 0) is 14.8 Å². The summed E-state index contributed by atoms with van der Waals surface area (Å²) in [6.07, 6.45) is 1.21. The molecule has 1 atom stereocenters. The number of carboxylic acids is 1. The van der Waals surface area contributed by atoms with Crippen LogP contribution in [0.3, 0.4) is 0 Å². The van der Waals surface area contributed by atoms with E-state index in [1.165, 1.54) is 12.1 Å². The van der Waals surface area contributed by atoms with Crippen molar-refractivity contribution in [3.8, 4) is 0 Å². The van der Waals surface area contributed by atoms with Gasteiger partial charge in [-0.2, -0.15) is 0 Å². The number of benzene rings is 1. The van der Waals surface area contributed by atoms with Crippen LogP contribution in [0.4, 0.5) is 5.69 Å². The fraction of sp³-hybridized carbons (Fsp3) is 0.417. The number of halogens is 1. The summed E-state index contributed by atoms with van der Waals surface area (Å²) < 4.78 is 32.2. The van der Waals surface area contributed by atoms with E-state index in [0.29, 0.717) is 17.5 Å². The Morgan fingerprint density at radius 3 is 2.85 bits per heavy atom. The van der Waals surface area contributed by atoms with Gasteiger partial charge in [-0.25, -0.2) is 13.2 Å². The molecule has 0 spiro atoms. The Morgan fingerprint density at radius 1 is 1.50 bits per heavy atom. The number of carbonyl (C=O) groups is 1. The summed E-state index contributed by atoms with van der Waals surface area (Å²) in [7, 11) is -3.66. The highest BCUT2D eigenvalue weighted by Gasteiger charge is 2.25. The maximum Gasteiger partial charge on any atom is 0.337 e. The smallest absolute Gasteiger partial charge is 0.337 e. The predicted molar refractivity (Wildman–Crippen MR) is 77.5 cm³/mol. The van der Waals surface area contributed by atoms with Crippen LogP contribution in [0.5, 0.6) is 0 Å². The molecule has 1 heterocycles. The highest BCUT2D eigenvalue weighted by atomic mass is 79.9. The van der Waals surface area contributed by atoms with Gasteiger partial charge in [0.05, 0.1) is 23.1 Å². The van der Waals surface area contributed by atoms with Crippen LogP contribution < -0.4 is 4.72 Å². The van der Waals surface area contributed by atoms with Crippen molar-refractivity contribution >= 4 is 37.6 Å². The van der Waals surface area contributed by atoms with Crippen molar-refractivity contribution in [2.24, 2.45) is 0 Å². The van der Waals surface area contributed by atoms with Gasteiger partial charge in [0.15, 0.2) is 0 Å². The van der Waals surface area contributed by atoms with Crippen molar-refractivity contribution in [1.29, 1.82) is 0 Å². The minimum absolute atomic E-state index is 0.0398. The van der Waals surface area contributed by atoms with Gasteiger partial charge in [-0.1, -0.05) is 6.07 Å². The number of aromatic carboxylic acids is 1. The van der Waals surface area contributed by atoms with Crippen LogP contribution in [-0.4, -0.2) is 38.0 Å². The highest BCUT2D eigenvalue weighted by molar-refractivity contribution is 9.10. The summed E-state index contributed by atoms with van der Waals surface area (Å²) in [6, 6.07) is 4.46. The van der Waals surface area contributed by atoms with Crippen molar-refractivity contribution in [1.82, 2.24) is 0 Å². The molecule has 8 heteroatoms. The molecule has 6 nitrogen and oxygen atoms in total. The Bertz CT molecular complexity index is 610. The van der Waals surface area contributed by atoms with E-state index in [-0.39, 0.29) is 23.1 Å². The topological polar surface area (TPSA) is 92.7 Å². The van der Waals surface area contributed by atoms with Gasteiger partial charge in [0.2, 0.25) is 10.0 Å². The molecule has 1 aliphatic rings. The Labute approximate surface area is 125 Å². The highest BCUT2D eigenvalue weighted by Crippen LogP contribution is 2.28. The Morgan fingerprint density at radius 2 is 2.25 bits per heavy atom. The van der Waals surface area contributed by atoms with Crippen molar-refractivity contribution in [3.63, 3.8) is 0 Å². The molecule has 0 radical (unpaired) electrons.